The van der Waals surface area contributed by atoms with Crippen molar-refractivity contribution in [1.82, 2.24) is 29.8 Å². The number of carbonyl (C=O) groups excluding carboxylic acids is 1. The van der Waals surface area contributed by atoms with Crippen LogP contribution in [0.25, 0.3) is 22.6 Å². The summed E-state index contributed by atoms with van der Waals surface area (Å²) in [4.78, 5) is 29.9. The zero-order valence-electron chi connectivity index (χ0n) is 18.8. The van der Waals surface area contributed by atoms with Gasteiger partial charge in [-0.15, -0.1) is 0 Å². The van der Waals surface area contributed by atoms with E-state index in [4.69, 9.17) is 27.9 Å². The van der Waals surface area contributed by atoms with E-state index in [9.17, 15) is 15.0 Å². The number of likely N-dealkylation sites (N-methyl/N-ethyl adjacent to an activating group) is 1. The summed E-state index contributed by atoms with van der Waals surface area (Å²) in [6.45, 7) is 0.396. The number of carbonyl (C=O) groups is 1. The van der Waals surface area contributed by atoms with Gasteiger partial charge in [0.2, 0.25) is 0 Å². The molecule has 0 aliphatic carbocycles. The van der Waals surface area contributed by atoms with Gasteiger partial charge in [0, 0.05) is 36.6 Å². The van der Waals surface area contributed by atoms with Gasteiger partial charge in [-0.2, -0.15) is 0 Å². The van der Waals surface area contributed by atoms with Crippen molar-refractivity contribution < 1.29 is 19.7 Å². The summed E-state index contributed by atoms with van der Waals surface area (Å²) in [6, 6.07) is 9.05. The van der Waals surface area contributed by atoms with Crippen LogP contribution in [0.15, 0.2) is 49.1 Å². The van der Waals surface area contributed by atoms with E-state index >= 15 is 0 Å². The number of imidazole rings is 1. The number of pyridine rings is 1. The van der Waals surface area contributed by atoms with E-state index in [2.05, 4.69) is 30.6 Å². The Bertz CT molecular complexity index is 1430. The van der Waals surface area contributed by atoms with Gasteiger partial charge >= 0.3 is 0 Å². The van der Waals surface area contributed by atoms with Gasteiger partial charge < -0.3 is 25.6 Å². The van der Waals surface area contributed by atoms with Gasteiger partial charge in [-0.05, 0) is 23.8 Å². The zero-order chi connectivity index (χ0) is 25.4. The Morgan fingerprint density at radius 3 is 2.72 bits per heavy atom. The summed E-state index contributed by atoms with van der Waals surface area (Å²) in [7, 11) is 1.42. The predicted molar refractivity (Wildman–Crippen MR) is 132 cm³/mol. The van der Waals surface area contributed by atoms with Gasteiger partial charge in [0.25, 0.3) is 5.91 Å². The molecule has 1 fully saturated rings. The number of hydrogen-bond acceptors (Lipinski definition) is 9. The quantitative estimate of drug-likeness (QED) is 0.295. The number of anilines is 1. The van der Waals surface area contributed by atoms with Crippen molar-refractivity contribution in [3.8, 4) is 11.4 Å². The Morgan fingerprint density at radius 1 is 1.14 bits per heavy atom. The Labute approximate surface area is 215 Å². The summed E-state index contributed by atoms with van der Waals surface area (Å²) in [5.74, 6) is 0.144. The summed E-state index contributed by atoms with van der Waals surface area (Å²) in [5.41, 5.74) is 2.18. The predicted octanol–water partition coefficient (Wildman–Crippen LogP) is 2.17. The molecular formula is C23H21Cl2N7O4. The highest BCUT2D eigenvalue weighted by atomic mass is 35.5. The van der Waals surface area contributed by atoms with Crippen molar-refractivity contribution >= 4 is 46.1 Å². The molecule has 0 radical (unpaired) electrons. The average molecular weight is 530 g/mol. The van der Waals surface area contributed by atoms with E-state index in [0.717, 1.165) is 5.56 Å². The Kier molecular flexibility index (Phi) is 6.73. The molecule has 4 heterocycles. The molecule has 36 heavy (non-hydrogen) atoms. The van der Waals surface area contributed by atoms with E-state index in [-0.39, 0.29) is 0 Å². The molecule has 186 valence electrons. The van der Waals surface area contributed by atoms with Crippen LogP contribution in [0.4, 0.5) is 5.82 Å². The lowest BCUT2D eigenvalue weighted by molar-refractivity contribution is -0.137. The smallest absolute Gasteiger partial charge is 0.251 e. The molecule has 5 rings (SSSR count). The third-order valence-electron chi connectivity index (χ3n) is 5.75. The van der Waals surface area contributed by atoms with E-state index in [0.29, 0.717) is 45.0 Å². The van der Waals surface area contributed by atoms with Crippen LogP contribution in [0.2, 0.25) is 10.0 Å². The van der Waals surface area contributed by atoms with Crippen LogP contribution in [-0.2, 0) is 16.1 Å². The number of nitrogens with one attached hydrogen (secondary N) is 2. The number of aliphatic hydroxyl groups is 2. The molecule has 1 aliphatic rings. The van der Waals surface area contributed by atoms with Gasteiger partial charge in [-0.1, -0.05) is 35.3 Å². The molecule has 11 nitrogen and oxygen atoms in total. The number of nitrogens with zero attached hydrogens (tertiary/aromatic N) is 5. The number of fused-ring (bicyclic) bond motifs is 1. The molecule has 1 aromatic carbocycles. The summed E-state index contributed by atoms with van der Waals surface area (Å²) in [6.07, 6.45) is -0.739. The van der Waals surface area contributed by atoms with Gasteiger partial charge in [-0.3, -0.25) is 14.3 Å². The molecule has 13 heteroatoms. The monoisotopic (exact) mass is 529 g/mol. The molecular weight excluding hydrogens is 509 g/mol. The van der Waals surface area contributed by atoms with E-state index in [1.165, 1.54) is 24.1 Å². The minimum atomic E-state index is -1.44. The van der Waals surface area contributed by atoms with Crippen LogP contribution in [0, 0.1) is 0 Å². The highest BCUT2D eigenvalue weighted by molar-refractivity contribution is 6.31. The number of aliphatic hydroxyl groups excluding tert-OH is 2. The van der Waals surface area contributed by atoms with Crippen LogP contribution < -0.4 is 10.6 Å². The fourth-order valence-electron chi connectivity index (χ4n) is 3.97. The standard InChI is InChI=1S/C23H21Cl2N7O4/c1-26-22(35)18-16(33)17(34)23(36-18)32-10-29-15-20(28-7-11-3-2-4-13(24)5-11)30-19(31-21(15)32)12-6-14(25)9-27-8-12/h2-6,8-10,16-18,23,33-34H,7H2,1H3,(H,26,35)(H,28,30,31)/t16?,17?,18-,23?/m1/s1. The first-order valence-corrected chi connectivity index (χ1v) is 11.7. The van der Waals surface area contributed by atoms with Crippen molar-refractivity contribution in [2.75, 3.05) is 12.4 Å². The maximum atomic E-state index is 12.1. The minimum absolute atomic E-state index is 0.295. The maximum absolute atomic E-state index is 12.1. The number of hydrogen-bond donors (Lipinski definition) is 4. The number of ether oxygens (including phenoxy) is 1. The molecule has 1 saturated heterocycles. The lowest BCUT2D eigenvalue weighted by atomic mass is 10.1. The number of halogens is 2. The van der Waals surface area contributed by atoms with E-state index in [1.54, 1.807) is 18.3 Å². The molecule has 0 saturated carbocycles. The van der Waals surface area contributed by atoms with Crippen LogP contribution in [0.1, 0.15) is 11.8 Å². The molecule has 4 atom stereocenters. The van der Waals surface area contributed by atoms with Crippen molar-refractivity contribution in [2.45, 2.75) is 31.1 Å². The summed E-state index contributed by atoms with van der Waals surface area (Å²) < 4.78 is 7.18. The first-order valence-electron chi connectivity index (χ1n) is 10.9. The highest BCUT2D eigenvalue weighted by Crippen LogP contribution is 2.34. The topological polar surface area (TPSA) is 147 Å². The van der Waals surface area contributed by atoms with Gasteiger partial charge in [0.05, 0.1) is 11.3 Å². The number of amides is 1. The van der Waals surface area contributed by atoms with Crippen molar-refractivity contribution in [3.05, 3.63) is 64.7 Å². The third kappa shape index (κ3) is 4.59. The van der Waals surface area contributed by atoms with E-state index < -0.39 is 30.4 Å². The third-order valence-corrected chi connectivity index (χ3v) is 6.19. The van der Waals surface area contributed by atoms with Crippen LogP contribution >= 0.6 is 23.2 Å². The van der Waals surface area contributed by atoms with Crippen LogP contribution in [0.5, 0.6) is 0 Å². The Balaban J connectivity index is 1.58. The molecule has 4 N–H and O–H groups in total. The number of rotatable bonds is 6. The second-order valence-electron chi connectivity index (χ2n) is 8.14. The van der Waals surface area contributed by atoms with Gasteiger partial charge in [0.1, 0.15) is 12.2 Å². The normalized spacial score (nSPS) is 21.6. The van der Waals surface area contributed by atoms with Crippen molar-refractivity contribution in [2.24, 2.45) is 0 Å². The molecule has 1 aliphatic heterocycles. The molecule has 0 spiro atoms. The molecule has 3 unspecified atom stereocenters. The minimum Gasteiger partial charge on any atom is -0.387 e. The molecule has 4 aromatic rings. The lowest BCUT2D eigenvalue weighted by Gasteiger charge is -2.17. The molecule has 1 amide bonds. The van der Waals surface area contributed by atoms with Gasteiger partial charge in [0.15, 0.2) is 35.1 Å². The highest BCUT2D eigenvalue weighted by Gasteiger charge is 2.47. The fourth-order valence-corrected chi connectivity index (χ4v) is 4.36. The van der Waals surface area contributed by atoms with E-state index in [1.807, 2.05) is 18.2 Å². The average Bonchev–Trinajstić information content (AvgIpc) is 3.43. The first-order chi connectivity index (χ1) is 17.4. The second kappa shape index (κ2) is 9.96. The Hall–Kier alpha value is -3.35. The van der Waals surface area contributed by atoms with Gasteiger partial charge in [-0.25, -0.2) is 15.0 Å². The SMILES string of the molecule is CNC(=O)[C@@H]1OC(n2cnc3c(NCc4cccc(Cl)c4)nc(-c4cncc(Cl)c4)nc32)C(O)C1O. The second-order valence-corrected chi connectivity index (χ2v) is 9.01. The van der Waals surface area contributed by atoms with Crippen LogP contribution in [-0.4, -0.2) is 66.0 Å². The lowest BCUT2D eigenvalue weighted by Crippen LogP contribution is -2.41. The molecule has 3 aromatic heterocycles. The van der Waals surface area contributed by atoms with Crippen LogP contribution in [0.3, 0.4) is 0 Å². The summed E-state index contributed by atoms with van der Waals surface area (Å²) in [5, 5.41) is 27.8. The number of aromatic nitrogens is 5. The van der Waals surface area contributed by atoms with Crippen molar-refractivity contribution in [3.63, 3.8) is 0 Å². The first kappa shape index (κ1) is 24.3. The van der Waals surface area contributed by atoms with Crippen molar-refractivity contribution in [1.29, 1.82) is 0 Å². The Morgan fingerprint density at radius 2 is 1.97 bits per heavy atom. The number of benzene rings is 1. The largest absolute Gasteiger partial charge is 0.387 e. The maximum Gasteiger partial charge on any atom is 0.251 e. The fraction of sp³-hybridized carbons (Fsp3) is 0.261. The summed E-state index contributed by atoms with van der Waals surface area (Å²) >= 11 is 12.2. The molecule has 0 bridgehead atoms. The zero-order valence-corrected chi connectivity index (χ0v) is 20.4.